The van der Waals surface area contributed by atoms with E-state index in [1.54, 1.807) is 18.2 Å². The van der Waals surface area contributed by atoms with Crippen molar-refractivity contribution >= 4 is 52.4 Å². The van der Waals surface area contributed by atoms with Gasteiger partial charge in [-0.3, -0.25) is 14.4 Å². The topological polar surface area (TPSA) is 84.5 Å². The average Bonchev–Trinajstić information content (AvgIpc) is 2.63. The molecular formula is C19H18Cl2N2O4. The fourth-order valence-electron chi connectivity index (χ4n) is 2.07. The Morgan fingerprint density at radius 1 is 0.852 bits per heavy atom. The Balaban J connectivity index is 1.69. The van der Waals surface area contributed by atoms with Gasteiger partial charge in [0.15, 0.2) is 6.61 Å². The first kappa shape index (κ1) is 20.7. The number of rotatable bonds is 7. The minimum Gasteiger partial charge on any atom is -0.456 e. The third kappa shape index (κ3) is 7.29. The van der Waals surface area contributed by atoms with Crippen molar-refractivity contribution in [2.24, 2.45) is 0 Å². The van der Waals surface area contributed by atoms with Crippen LogP contribution in [-0.4, -0.2) is 24.4 Å². The van der Waals surface area contributed by atoms with Gasteiger partial charge >= 0.3 is 5.97 Å². The van der Waals surface area contributed by atoms with Crippen molar-refractivity contribution in [2.45, 2.75) is 19.8 Å². The molecule has 2 amide bonds. The lowest BCUT2D eigenvalue weighted by Gasteiger charge is -2.08. The molecule has 2 rings (SSSR count). The molecule has 8 heteroatoms. The molecule has 2 aromatic rings. The molecule has 0 aliphatic heterocycles. The highest BCUT2D eigenvalue weighted by Crippen LogP contribution is 2.24. The molecular weight excluding hydrogens is 391 g/mol. The average molecular weight is 409 g/mol. The van der Waals surface area contributed by atoms with E-state index in [2.05, 4.69) is 10.6 Å². The number of hydrogen-bond donors (Lipinski definition) is 2. The Hall–Kier alpha value is -2.57. The van der Waals surface area contributed by atoms with Gasteiger partial charge in [-0.1, -0.05) is 40.9 Å². The van der Waals surface area contributed by atoms with Crippen LogP contribution in [-0.2, 0) is 19.1 Å². The van der Waals surface area contributed by atoms with Crippen LogP contribution in [0.15, 0.2) is 42.5 Å². The van der Waals surface area contributed by atoms with Gasteiger partial charge in [-0.15, -0.1) is 0 Å². The predicted molar refractivity (Wildman–Crippen MR) is 105 cm³/mol. The van der Waals surface area contributed by atoms with Gasteiger partial charge < -0.3 is 15.4 Å². The molecule has 0 spiro atoms. The number of ether oxygens (including phenoxy) is 1. The second kappa shape index (κ2) is 9.94. The van der Waals surface area contributed by atoms with Gasteiger partial charge in [0.05, 0.1) is 16.5 Å². The quantitative estimate of drug-likeness (QED) is 0.672. The summed E-state index contributed by atoms with van der Waals surface area (Å²) in [6, 6.07) is 11.9. The summed E-state index contributed by atoms with van der Waals surface area (Å²) in [4.78, 5) is 35.3. The SMILES string of the molecule is Cc1ccc(NC(=O)CCC(=O)OCC(=O)Nc2ccc(Cl)c(Cl)c2)cc1. The molecule has 2 aromatic carbocycles. The first-order valence-electron chi connectivity index (χ1n) is 8.10. The van der Waals surface area contributed by atoms with Crippen molar-refractivity contribution in [3.05, 3.63) is 58.1 Å². The highest BCUT2D eigenvalue weighted by Gasteiger charge is 2.11. The first-order valence-corrected chi connectivity index (χ1v) is 8.86. The summed E-state index contributed by atoms with van der Waals surface area (Å²) in [5.41, 5.74) is 2.17. The maximum absolute atomic E-state index is 11.8. The molecule has 27 heavy (non-hydrogen) atoms. The van der Waals surface area contributed by atoms with Gasteiger partial charge in [-0.2, -0.15) is 0 Å². The van der Waals surface area contributed by atoms with E-state index in [-0.39, 0.29) is 18.7 Å². The van der Waals surface area contributed by atoms with Gasteiger partial charge in [-0.25, -0.2) is 0 Å². The molecule has 0 radical (unpaired) electrons. The first-order chi connectivity index (χ1) is 12.8. The molecule has 0 saturated carbocycles. The smallest absolute Gasteiger partial charge is 0.306 e. The van der Waals surface area contributed by atoms with E-state index < -0.39 is 18.5 Å². The lowest BCUT2D eigenvalue weighted by Crippen LogP contribution is -2.21. The number of carbonyl (C=O) groups is 3. The van der Waals surface area contributed by atoms with Gasteiger partial charge in [0.25, 0.3) is 5.91 Å². The lowest BCUT2D eigenvalue weighted by atomic mass is 10.2. The molecule has 2 N–H and O–H groups in total. The third-order valence-corrected chi connectivity index (χ3v) is 4.20. The van der Waals surface area contributed by atoms with Gasteiger partial charge in [0.2, 0.25) is 5.91 Å². The van der Waals surface area contributed by atoms with Crippen LogP contribution in [0.4, 0.5) is 11.4 Å². The monoisotopic (exact) mass is 408 g/mol. The zero-order chi connectivity index (χ0) is 19.8. The summed E-state index contributed by atoms with van der Waals surface area (Å²) in [6.07, 6.45) is -0.168. The number of halogens is 2. The molecule has 0 aromatic heterocycles. The van der Waals surface area contributed by atoms with Gasteiger partial charge in [-0.05, 0) is 37.3 Å². The number of hydrogen-bond acceptors (Lipinski definition) is 4. The van der Waals surface area contributed by atoms with Crippen LogP contribution in [0.25, 0.3) is 0 Å². The van der Waals surface area contributed by atoms with Gasteiger partial charge in [0, 0.05) is 17.8 Å². The molecule has 0 heterocycles. The zero-order valence-corrected chi connectivity index (χ0v) is 16.1. The molecule has 0 aliphatic carbocycles. The van der Waals surface area contributed by atoms with Crippen LogP contribution in [0.5, 0.6) is 0 Å². The highest BCUT2D eigenvalue weighted by atomic mass is 35.5. The molecule has 6 nitrogen and oxygen atoms in total. The standard InChI is InChI=1S/C19H18Cl2N2O4/c1-12-2-4-13(5-3-12)22-17(24)8-9-19(26)27-11-18(25)23-14-6-7-15(20)16(21)10-14/h2-7,10H,8-9,11H2,1H3,(H,22,24)(H,23,25). The molecule has 0 atom stereocenters. The van der Waals surface area contributed by atoms with Crippen LogP contribution in [0.1, 0.15) is 18.4 Å². The summed E-state index contributed by atoms with van der Waals surface area (Å²) in [5.74, 6) is -1.47. The predicted octanol–water partition coefficient (Wildman–Crippen LogP) is 4.20. The van der Waals surface area contributed by atoms with E-state index >= 15 is 0 Å². The number of amides is 2. The second-order valence-electron chi connectivity index (χ2n) is 5.75. The molecule has 142 valence electrons. The molecule has 0 fully saturated rings. The Kier molecular flexibility index (Phi) is 7.64. The Labute approximate surface area is 166 Å². The minimum atomic E-state index is -0.640. The van der Waals surface area contributed by atoms with Crippen molar-refractivity contribution in [1.29, 1.82) is 0 Å². The largest absolute Gasteiger partial charge is 0.456 e. The summed E-state index contributed by atoms with van der Waals surface area (Å²) in [7, 11) is 0. The van der Waals surface area contributed by atoms with Crippen molar-refractivity contribution in [1.82, 2.24) is 0 Å². The van der Waals surface area contributed by atoms with Crippen molar-refractivity contribution in [3.8, 4) is 0 Å². The van der Waals surface area contributed by atoms with E-state index in [1.807, 2.05) is 19.1 Å². The summed E-state index contributed by atoms with van der Waals surface area (Å²) in [5, 5.41) is 5.87. The summed E-state index contributed by atoms with van der Waals surface area (Å²) < 4.78 is 4.86. The Morgan fingerprint density at radius 3 is 2.15 bits per heavy atom. The number of aryl methyl sites for hydroxylation is 1. The van der Waals surface area contributed by atoms with E-state index in [9.17, 15) is 14.4 Å². The van der Waals surface area contributed by atoms with E-state index in [4.69, 9.17) is 27.9 Å². The number of nitrogens with one attached hydrogen (secondary N) is 2. The van der Waals surface area contributed by atoms with Crippen molar-refractivity contribution in [3.63, 3.8) is 0 Å². The number of esters is 1. The molecule has 0 unspecified atom stereocenters. The molecule has 0 aliphatic rings. The normalized spacial score (nSPS) is 10.2. The van der Waals surface area contributed by atoms with Crippen LogP contribution in [0.2, 0.25) is 10.0 Å². The van der Waals surface area contributed by atoms with Gasteiger partial charge in [0.1, 0.15) is 0 Å². The Morgan fingerprint density at radius 2 is 1.48 bits per heavy atom. The fraction of sp³-hybridized carbons (Fsp3) is 0.211. The van der Waals surface area contributed by atoms with Crippen LogP contribution >= 0.6 is 23.2 Å². The van der Waals surface area contributed by atoms with E-state index in [0.29, 0.717) is 21.4 Å². The summed E-state index contributed by atoms with van der Waals surface area (Å²) in [6.45, 7) is 1.48. The van der Waals surface area contributed by atoms with E-state index in [1.165, 1.54) is 12.1 Å². The molecule has 0 saturated heterocycles. The fourth-order valence-corrected chi connectivity index (χ4v) is 2.36. The lowest BCUT2D eigenvalue weighted by molar-refractivity contribution is -0.147. The third-order valence-electron chi connectivity index (χ3n) is 3.46. The van der Waals surface area contributed by atoms with Crippen molar-refractivity contribution in [2.75, 3.05) is 17.2 Å². The maximum atomic E-state index is 11.8. The number of carbonyl (C=O) groups excluding carboxylic acids is 3. The minimum absolute atomic E-state index is 0.0406. The number of anilines is 2. The highest BCUT2D eigenvalue weighted by molar-refractivity contribution is 6.42. The second-order valence-corrected chi connectivity index (χ2v) is 6.57. The van der Waals surface area contributed by atoms with Crippen LogP contribution in [0, 0.1) is 6.92 Å². The van der Waals surface area contributed by atoms with E-state index in [0.717, 1.165) is 5.56 Å². The van der Waals surface area contributed by atoms with Crippen LogP contribution < -0.4 is 10.6 Å². The maximum Gasteiger partial charge on any atom is 0.306 e. The zero-order valence-electron chi connectivity index (χ0n) is 14.6. The van der Waals surface area contributed by atoms with Crippen LogP contribution in [0.3, 0.4) is 0 Å². The molecule has 0 bridgehead atoms. The number of benzene rings is 2. The van der Waals surface area contributed by atoms with Crippen molar-refractivity contribution < 1.29 is 19.1 Å². The Bertz CT molecular complexity index is 838. The summed E-state index contributed by atoms with van der Waals surface area (Å²) >= 11 is 11.6.